The Bertz CT molecular complexity index is 467. The quantitative estimate of drug-likeness (QED) is 0.643. The minimum Gasteiger partial charge on any atom is -0.396 e. The summed E-state index contributed by atoms with van der Waals surface area (Å²) in [5.41, 5.74) is 0.695. The Morgan fingerprint density at radius 1 is 1.42 bits per heavy atom. The van der Waals surface area contributed by atoms with Crippen LogP contribution in [0.5, 0.6) is 0 Å². The van der Waals surface area contributed by atoms with Crippen LogP contribution in [0.4, 0.5) is 11.4 Å². The minimum atomic E-state index is -0.464. The van der Waals surface area contributed by atoms with E-state index in [0.29, 0.717) is 22.5 Å². The molecule has 0 aliphatic heterocycles. The van der Waals surface area contributed by atoms with Crippen molar-refractivity contribution in [1.29, 1.82) is 0 Å². The van der Waals surface area contributed by atoms with Crippen LogP contribution in [0.1, 0.15) is 19.3 Å². The lowest BCUT2D eigenvalue weighted by atomic mass is 9.97. The largest absolute Gasteiger partial charge is 0.396 e. The SMILES string of the molecule is O=[N+]([O-])c1ccc(NCC2CCCC2CO)c(Cl)c1. The molecule has 6 heteroatoms. The fraction of sp³-hybridized carbons (Fsp3) is 0.538. The van der Waals surface area contributed by atoms with Gasteiger partial charge < -0.3 is 10.4 Å². The molecule has 0 spiro atoms. The van der Waals surface area contributed by atoms with Gasteiger partial charge in [0.25, 0.3) is 5.69 Å². The zero-order chi connectivity index (χ0) is 13.8. The molecule has 2 unspecified atom stereocenters. The summed E-state index contributed by atoms with van der Waals surface area (Å²) < 4.78 is 0. The first-order valence-electron chi connectivity index (χ1n) is 6.40. The molecule has 19 heavy (non-hydrogen) atoms. The third-order valence-electron chi connectivity index (χ3n) is 3.77. The van der Waals surface area contributed by atoms with Crippen molar-refractivity contribution in [2.24, 2.45) is 11.8 Å². The van der Waals surface area contributed by atoms with Crippen molar-refractivity contribution in [3.8, 4) is 0 Å². The van der Waals surface area contributed by atoms with E-state index < -0.39 is 4.92 Å². The summed E-state index contributed by atoms with van der Waals surface area (Å²) in [6, 6.07) is 4.41. The number of aliphatic hydroxyl groups excluding tert-OH is 1. The van der Waals surface area contributed by atoms with E-state index in [2.05, 4.69) is 5.32 Å². The lowest BCUT2D eigenvalue weighted by molar-refractivity contribution is -0.384. The number of nitrogens with zero attached hydrogens (tertiary/aromatic N) is 1. The lowest BCUT2D eigenvalue weighted by Gasteiger charge is -2.18. The van der Waals surface area contributed by atoms with Crippen LogP contribution in [-0.4, -0.2) is 23.2 Å². The zero-order valence-corrected chi connectivity index (χ0v) is 11.3. The summed E-state index contributed by atoms with van der Waals surface area (Å²) >= 11 is 6.01. The normalized spacial score (nSPS) is 22.4. The van der Waals surface area contributed by atoms with Crippen LogP contribution in [-0.2, 0) is 0 Å². The zero-order valence-electron chi connectivity index (χ0n) is 10.5. The molecular formula is C13H17ClN2O3. The number of rotatable bonds is 5. The highest BCUT2D eigenvalue weighted by atomic mass is 35.5. The number of hydrogen-bond acceptors (Lipinski definition) is 4. The maximum absolute atomic E-state index is 10.6. The number of benzene rings is 1. The molecule has 1 aliphatic rings. The first-order valence-corrected chi connectivity index (χ1v) is 6.78. The summed E-state index contributed by atoms with van der Waals surface area (Å²) in [4.78, 5) is 10.1. The van der Waals surface area contributed by atoms with Gasteiger partial charge in [-0.3, -0.25) is 10.1 Å². The molecule has 1 aromatic rings. The van der Waals surface area contributed by atoms with Crippen LogP contribution in [0.3, 0.4) is 0 Å². The van der Waals surface area contributed by atoms with E-state index in [1.54, 1.807) is 6.07 Å². The van der Waals surface area contributed by atoms with Gasteiger partial charge in [0, 0.05) is 25.3 Å². The van der Waals surface area contributed by atoms with E-state index in [0.717, 1.165) is 25.8 Å². The third kappa shape index (κ3) is 3.36. The van der Waals surface area contributed by atoms with Gasteiger partial charge in [-0.25, -0.2) is 0 Å². The molecule has 0 saturated heterocycles. The Labute approximate surface area is 116 Å². The Kier molecular flexibility index (Phi) is 4.61. The highest BCUT2D eigenvalue weighted by molar-refractivity contribution is 6.33. The van der Waals surface area contributed by atoms with Crippen molar-refractivity contribution in [2.75, 3.05) is 18.5 Å². The lowest BCUT2D eigenvalue weighted by Crippen LogP contribution is -2.20. The number of nitrogens with one attached hydrogen (secondary N) is 1. The summed E-state index contributed by atoms with van der Waals surface area (Å²) in [6.07, 6.45) is 3.31. The summed E-state index contributed by atoms with van der Waals surface area (Å²) in [7, 11) is 0. The maximum atomic E-state index is 10.6. The molecule has 2 atom stereocenters. The fourth-order valence-electron chi connectivity index (χ4n) is 2.62. The standard InChI is InChI=1S/C13H17ClN2O3/c14-12-6-11(16(18)19)4-5-13(12)15-7-9-2-1-3-10(9)8-17/h4-6,9-10,15,17H,1-3,7-8H2. The molecule has 2 N–H and O–H groups in total. The number of hydrogen-bond donors (Lipinski definition) is 2. The molecule has 1 aromatic carbocycles. The number of nitro groups is 1. The molecule has 1 aliphatic carbocycles. The molecule has 0 amide bonds. The third-order valence-corrected chi connectivity index (χ3v) is 4.08. The van der Waals surface area contributed by atoms with E-state index in [1.165, 1.54) is 12.1 Å². The van der Waals surface area contributed by atoms with Gasteiger partial charge in [0.2, 0.25) is 0 Å². The van der Waals surface area contributed by atoms with Crippen LogP contribution in [0.15, 0.2) is 18.2 Å². The van der Waals surface area contributed by atoms with E-state index in [4.69, 9.17) is 11.6 Å². The highest BCUT2D eigenvalue weighted by Gasteiger charge is 2.26. The van der Waals surface area contributed by atoms with Crippen LogP contribution in [0, 0.1) is 22.0 Å². The molecular weight excluding hydrogens is 268 g/mol. The van der Waals surface area contributed by atoms with Crippen molar-refractivity contribution in [2.45, 2.75) is 19.3 Å². The summed E-state index contributed by atoms with van der Waals surface area (Å²) in [5, 5.41) is 23.4. The van der Waals surface area contributed by atoms with Crippen LogP contribution < -0.4 is 5.32 Å². The van der Waals surface area contributed by atoms with E-state index in [1.807, 2.05) is 0 Å². The summed E-state index contributed by atoms with van der Waals surface area (Å²) in [5.74, 6) is 0.792. The Balaban J connectivity index is 1.98. The predicted octanol–water partition coefficient (Wildman–Crippen LogP) is 3.07. The maximum Gasteiger partial charge on any atom is 0.271 e. The van der Waals surface area contributed by atoms with E-state index in [9.17, 15) is 15.2 Å². The van der Waals surface area contributed by atoms with Crippen molar-refractivity contribution in [3.63, 3.8) is 0 Å². The number of aliphatic hydroxyl groups is 1. The van der Waals surface area contributed by atoms with Gasteiger partial charge in [-0.15, -0.1) is 0 Å². The van der Waals surface area contributed by atoms with Crippen molar-refractivity contribution < 1.29 is 10.0 Å². The molecule has 0 radical (unpaired) electrons. The fourth-order valence-corrected chi connectivity index (χ4v) is 2.87. The minimum absolute atomic E-state index is 0.00958. The topological polar surface area (TPSA) is 75.4 Å². The molecule has 2 rings (SSSR count). The van der Waals surface area contributed by atoms with Crippen LogP contribution >= 0.6 is 11.6 Å². The second-order valence-electron chi connectivity index (χ2n) is 4.94. The molecule has 0 aromatic heterocycles. The molecule has 1 fully saturated rings. The van der Waals surface area contributed by atoms with Crippen LogP contribution in [0.25, 0.3) is 0 Å². The number of non-ortho nitro benzene ring substituents is 1. The molecule has 104 valence electrons. The van der Waals surface area contributed by atoms with Gasteiger partial charge in [0.05, 0.1) is 15.6 Å². The second kappa shape index (κ2) is 6.21. The van der Waals surface area contributed by atoms with E-state index >= 15 is 0 Å². The second-order valence-corrected chi connectivity index (χ2v) is 5.34. The van der Waals surface area contributed by atoms with Crippen molar-refractivity contribution >= 4 is 23.0 Å². The first kappa shape index (κ1) is 14.1. The predicted molar refractivity (Wildman–Crippen MR) is 74.5 cm³/mol. The first-order chi connectivity index (χ1) is 9.11. The molecule has 5 nitrogen and oxygen atoms in total. The average molecular weight is 285 g/mol. The van der Waals surface area contributed by atoms with Gasteiger partial charge in [0.1, 0.15) is 0 Å². The van der Waals surface area contributed by atoms with E-state index in [-0.39, 0.29) is 12.3 Å². The van der Waals surface area contributed by atoms with Crippen molar-refractivity contribution in [3.05, 3.63) is 33.3 Å². The Morgan fingerprint density at radius 3 is 2.79 bits per heavy atom. The molecule has 0 bridgehead atoms. The van der Waals surface area contributed by atoms with Gasteiger partial charge in [-0.05, 0) is 30.7 Å². The van der Waals surface area contributed by atoms with Gasteiger partial charge in [-0.2, -0.15) is 0 Å². The average Bonchev–Trinajstić information content (AvgIpc) is 2.84. The number of anilines is 1. The molecule has 1 saturated carbocycles. The van der Waals surface area contributed by atoms with Crippen LogP contribution in [0.2, 0.25) is 5.02 Å². The summed E-state index contributed by atoms with van der Waals surface area (Å²) in [6.45, 7) is 0.961. The van der Waals surface area contributed by atoms with Gasteiger partial charge in [-0.1, -0.05) is 18.0 Å². The highest BCUT2D eigenvalue weighted by Crippen LogP contribution is 2.33. The van der Waals surface area contributed by atoms with Gasteiger partial charge >= 0.3 is 0 Å². The Hall–Kier alpha value is -1.33. The van der Waals surface area contributed by atoms with Crippen molar-refractivity contribution in [1.82, 2.24) is 0 Å². The number of nitro benzene ring substituents is 1. The Morgan fingerprint density at radius 2 is 2.16 bits per heavy atom. The molecule has 0 heterocycles. The van der Waals surface area contributed by atoms with Gasteiger partial charge in [0.15, 0.2) is 0 Å². The monoisotopic (exact) mass is 284 g/mol. The smallest absolute Gasteiger partial charge is 0.271 e. The number of halogens is 1.